The number of primary amides is 1. The van der Waals surface area contributed by atoms with Gasteiger partial charge in [-0.3, -0.25) is 14.4 Å². The van der Waals surface area contributed by atoms with E-state index in [4.69, 9.17) is 37.3 Å². The highest BCUT2D eigenvalue weighted by Gasteiger charge is 2.47. The Morgan fingerprint density at radius 3 is 0.904 bits per heavy atom. The summed E-state index contributed by atoms with van der Waals surface area (Å²) in [7, 11) is 1.80. The van der Waals surface area contributed by atoms with Crippen molar-refractivity contribution in [3.05, 3.63) is 0 Å². The lowest BCUT2D eigenvalue weighted by Crippen LogP contribution is -2.46. The molecular formula is C70H134F3N3O7. The summed E-state index contributed by atoms with van der Waals surface area (Å²) in [4.78, 5) is 31.5. The average molecular weight is 1190 g/mol. The van der Waals surface area contributed by atoms with Gasteiger partial charge in [0.15, 0.2) is 0 Å². The SMILES string of the molecule is CC1(C)CC(=O)C1.CC1(C)CC(O)C1.CC1(C)CC1F.CC1(C)CC1N.CC1(C)CC1O.CC1(C)CCC(C(=O)O)C1.CC1(C)CCC(C(N)=O)C1.CC1(C)CCC(F)(F)CC1.CC1(C)CCC1N.CC1CC1(C)C.COC1CCC1(C)C. The van der Waals surface area contributed by atoms with Gasteiger partial charge < -0.3 is 37.3 Å². The first-order chi connectivity index (χ1) is 36.9. The zero-order valence-corrected chi connectivity index (χ0v) is 58.1. The lowest BCUT2D eigenvalue weighted by atomic mass is 9.68. The van der Waals surface area contributed by atoms with Crippen molar-refractivity contribution in [3.8, 4) is 0 Å². The number of aliphatic hydroxyl groups excluding tert-OH is 2. The molecule has 0 aliphatic heterocycles. The van der Waals surface area contributed by atoms with Crippen LogP contribution in [0.1, 0.15) is 301 Å². The van der Waals surface area contributed by atoms with Crippen LogP contribution in [0.4, 0.5) is 13.2 Å². The van der Waals surface area contributed by atoms with E-state index >= 15 is 0 Å². The fraction of sp³-hybridized carbons (Fsp3) is 0.957. The molecule has 11 fully saturated rings. The van der Waals surface area contributed by atoms with Gasteiger partial charge in [0.05, 0.1) is 24.2 Å². The molecule has 0 saturated heterocycles. The summed E-state index contributed by atoms with van der Waals surface area (Å²) in [5, 5.41) is 26.1. The van der Waals surface area contributed by atoms with Crippen molar-refractivity contribution in [2.75, 3.05) is 7.11 Å². The number of carboxylic acids is 1. The maximum Gasteiger partial charge on any atom is 0.306 e. The van der Waals surface area contributed by atoms with Gasteiger partial charge in [0.25, 0.3) is 0 Å². The van der Waals surface area contributed by atoms with Crippen LogP contribution in [0, 0.1) is 77.3 Å². The van der Waals surface area contributed by atoms with Crippen molar-refractivity contribution in [2.45, 2.75) is 343 Å². The fourth-order valence-corrected chi connectivity index (χ4v) is 11.1. The fourth-order valence-electron chi connectivity index (χ4n) is 11.1. The molecule has 11 aliphatic carbocycles. The third-order valence-electron chi connectivity index (χ3n) is 20.7. The van der Waals surface area contributed by atoms with Crippen molar-refractivity contribution < 1.29 is 47.6 Å². The summed E-state index contributed by atoms with van der Waals surface area (Å²) in [6, 6.07) is 0.977. The number of Topliss-reactive ketones (excluding diaryl/α,β-unsaturated/α-hetero) is 1. The maximum atomic E-state index is 12.5. The Hall–Kier alpha value is -1.80. The molecule has 0 aromatic carbocycles. The van der Waals surface area contributed by atoms with Crippen LogP contribution >= 0.6 is 0 Å². The summed E-state index contributed by atoms with van der Waals surface area (Å²) in [5.74, 6) is -1.61. The van der Waals surface area contributed by atoms with Crippen LogP contribution in [0.15, 0.2) is 0 Å². The van der Waals surface area contributed by atoms with Gasteiger partial charge >= 0.3 is 5.97 Å². The van der Waals surface area contributed by atoms with E-state index in [1.165, 1.54) is 38.5 Å². The first-order valence-corrected chi connectivity index (χ1v) is 32.4. The second-order valence-electron chi connectivity index (χ2n) is 35.9. The molecular weight excluding hydrogens is 1050 g/mol. The number of alkyl halides is 3. The number of rotatable bonds is 3. The summed E-state index contributed by atoms with van der Waals surface area (Å²) in [6.45, 7) is 49.7. The van der Waals surface area contributed by atoms with Crippen molar-refractivity contribution >= 4 is 17.7 Å². The van der Waals surface area contributed by atoms with Gasteiger partial charge in [-0.15, -0.1) is 0 Å². The Morgan fingerprint density at radius 1 is 0.482 bits per heavy atom. The number of carboxylic acid groups (broad SMARTS) is 1. The van der Waals surface area contributed by atoms with E-state index in [1.54, 1.807) is 7.11 Å². The summed E-state index contributed by atoms with van der Waals surface area (Å²) >= 11 is 0. The molecule has 8 unspecified atom stereocenters. The number of ketones is 1. The molecule has 11 rings (SSSR count). The van der Waals surface area contributed by atoms with Gasteiger partial charge in [0, 0.05) is 50.8 Å². The number of halogens is 3. The quantitative estimate of drug-likeness (QED) is 0.159. The van der Waals surface area contributed by atoms with E-state index in [9.17, 15) is 27.6 Å². The Bertz CT molecular complexity index is 1840. The zero-order valence-electron chi connectivity index (χ0n) is 58.1. The van der Waals surface area contributed by atoms with Crippen molar-refractivity contribution in [3.63, 3.8) is 0 Å². The number of nitrogens with two attached hydrogens (primary N) is 3. The van der Waals surface area contributed by atoms with E-state index in [1.807, 2.05) is 13.8 Å². The summed E-state index contributed by atoms with van der Waals surface area (Å²) in [5.41, 5.74) is 20.3. The molecule has 9 N–H and O–H groups in total. The minimum Gasteiger partial charge on any atom is -0.481 e. The number of carbonyl (C=O) groups excluding carboxylic acids is 2. The monoisotopic (exact) mass is 1190 g/mol. The van der Waals surface area contributed by atoms with Gasteiger partial charge in [0.2, 0.25) is 11.8 Å². The topological polar surface area (TPSA) is 199 Å². The smallest absolute Gasteiger partial charge is 0.306 e. The maximum absolute atomic E-state index is 12.5. The molecule has 0 aromatic heterocycles. The normalized spacial score (nSPS) is 33.6. The Morgan fingerprint density at radius 2 is 0.831 bits per heavy atom. The number of hydrogen-bond donors (Lipinski definition) is 6. The van der Waals surface area contributed by atoms with Gasteiger partial charge in [0.1, 0.15) is 12.0 Å². The molecule has 0 spiro atoms. The van der Waals surface area contributed by atoms with Crippen LogP contribution < -0.4 is 17.2 Å². The number of hydrogen-bond acceptors (Lipinski definition) is 8. The van der Waals surface area contributed by atoms with E-state index in [0.717, 1.165) is 83.0 Å². The van der Waals surface area contributed by atoms with Gasteiger partial charge in [-0.25, -0.2) is 13.2 Å². The highest BCUT2D eigenvalue weighted by molar-refractivity contribution is 5.85. The Kier molecular flexibility index (Phi) is 28.8. The number of carbonyl (C=O) groups is 3. The standard InChI is InChI=1S/C8H14F2.C8H15NO.C8H14O2.C7H14O.C6H13N.C6H12O.C6H10O.C6H12.C5H9F.C5H11N.C5H10O/c1-7(2)3-5-8(9,10)6-4-7;2*1-8(2)4-3-6(5-8)7(9)10;1-7(2)5-4-6(7)8-3;1-6(2)4-3-5(6)7;2*1-6(2)3-5(7)4-6;1-5-4-6(5,2)3;3*1-5(2)3-4(5)6/h3-6H2,1-2H3;6H,3-5H2,1-2H3,(H2,9,10);6H,3-5H2,1-2H3,(H,9,10);6H,4-5H2,1-3H3;5H,3-4,7H2,1-2H3;5,7H,3-4H2,1-2H3;3-4H2,1-2H3;5H,4H2,1-3H3;4H,3H2,1-2H3;4H,3,6H2,1-2H3;4,6H,3H2,1-2H3. The van der Waals surface area contributed by atoms with E-state index in [2.05, 4.69) is 145 Å². The first kappa shape index (κ1) is 79.2. The van der Waals surface area contributed by atoms with Crippen molar-refractivity contribution in [1.29, 1.82) is 0 Å². The lowest BCUT2D eigenvalue weighted by Gasteiger charge is -2.43. The van der Waals surface area contributed by atoms with Gasteiger partial charge in [-0.05, 0) is 181 Å². The number of aliphatic hydroxyl groups is 2. The van der Waals surface area contributed by atoms with Crippen molar-refractivity contribution in [2.24, 2.45) is 94.5 Å². The molecule has 83 heavy (non-hydrogen) atoms. The third-order valence-corrected chi connectivity index (χ3v) is 20.7. The molecule has 8 atom stereocenters. The second-order valence-corrected chi connectivity index (χ2v) is 35.9. The predicted octanol–water partition coefficient (Wildman–Crippen LogP) is 17.2. The van der Waals surface area contributed by atoms with E-state index in [-0.39, 0.29) is 64.5 Å². The van der Waals surface area contributed by atoms with E-state index in [0.29, 0.717) is 74.7 Å². The highest BCUT2D eigenvalue weighted by Crippen LogP contribution is 2.51. The minimum absolute atomic E-state index is 0.00231. The van der Waals surface area contributed by atoms with Gasteiger partial charge in [-0.1, -0.05) is 159 Å². The first-order valence-electron chi connectivity index (χ1n) is 32.4. The van der Waals surface area contributed by atoms with Crippen LogP contribution in [0.25, 0.3) is 0 Å². The van der Waals surface area contributed by atoms with E-state index < -0.39 is 18.1 Å². The molecule has 0 bridgehead atoms. The highest BCUT2D eigenvalue weighted by atomic mass is 19.3. The summed E-state index contributed by atoms with van der Waals surface area (Å²) in [6.07, 6.45) is 20.5. The van der Waals surface area contributed by atoms with Gasteiger partial charge in [-0.2, -0.15) is 0 Å². The molecule has 10 nitrogen and oxygen atoms in total. The molecule has 11 aliphatic rings. The van der Waals surface area contributed by atoms with Crippen LogP contribution in [-0.4, -0.2) is 82.6 Å². The lowest BCUT2D eigenvalue weighted by molar-refractivity contribution is -0.141. The number of methoxy groups -OCH3 is 1. The molecule has 13 heteroatoms. The Balaban J connectivity index is 0.000000459. The number of amides is 1. The average Bonchev–Trinajstić information content (AvgIpc) is 4.20. The number of ether oxygens (including phenoxy) is 1. The van der Waals surface area contributed by atoms with Crippen LogP contribution in [0.2, 0.25) is 0 Å². The number of aliphatic carboxylic acids is 1. The Labute approximate surface area is 507 Å². The van der Waals surface area contributed by atoms with Crippen LogP contribution in [0.5, 0.6) is 0 Å². The van der Waals surface area contributed by atoms with Crippen molar-refractivity contribution in [1.82, 2.24) is 0 Å². The van der Waals surface area contributed by atoms with Crippen LogP contribution in [0.3, 0.4) is 0 Å². The molecule has 492 valence electrons. The molecule has 11 saturated carbocycles. The molecule has 0 aromatic rings. The predicted molar refractivity (Wildman–Crippen MR) is 340 cm³/mol. The zero-order chi connectivity index (χ0) is 65.2. The molecule has 1 amide bonds. The summed E-state index contributed by atoms with van der Waals surface area (Å²) < 4.78 is 42.2. The third kappa shape index (κ3) is 31.8. The minimum atomic E-state index is -2.37. The molecule has 0 radical (unpaired) electrons. The second kappa shape index (κ2) is 30.1. The van der Waals surface area contributed by atoms with Crippen LogP contribution in [-0.2, 0) is 19.1 Å². The largest absolute Gasteiger partial charge is 0.481 e. The molecule has 0 heterocycles.